The van der Waals surface area contributed by atoms with Crippen molar-refractivity contribution in [3.8, 4) is 5.75 Å². The SMILES string of the molecule is C=CCOc1cccc(/C=C2\SC(=O)N(CC(=O)OC)C2=O)c1. The van der Waals surface area contributed by atoms with Crippen molar-refractivity contribution in [1.82, 2.24) is 4.90 Å². The summed E-state index contributed by atoms with van der Waals surface area (Å²) >= 11 is 0.787. The summed E-state index contributed by atoms with van der Waals surface area (Å²) in [7, 11) is 1.20. The number of thioether (sulfide) groups is 1. The predicted octanol–water partition coefficient (Wildman–Crippen LogP) is 2.46. The molecule has 0 radical (unpaired) electrons. The minimum Gasteiger partial charge on any atom is -0.490 e. The number of rotatable bonds is 6. The number of carbonyl (C=O) groups is 3. The summed E-state index contributed by atoms with van der Waals surface area (Å²) in [6.07, 6.45) is 3.22. The molecule has 0 saturated carbocycles. The molecule has 1 aliphatic heterocycles. The number of carbonyl (C=O) groups excluding carboxylic acids is 3. The van der Waals surface area contributed by atoms with Crippen LogP contribution in [0.2, 0.25) is 0 Å². The number of nitrogens with zero attached hydrogens (tertiary/aromatic N) is 1. The standard InChI is InChI=1S/C16H15NO5S/c1-3-7-22-12-6-4-5-11(8-12)9-13-15(19)17(16(20)23-13)10-14(18)21-2/h3-6,8-9H,1,7,10H2,2H3/b13-9-. The van der Waals surface area contributed by atoms with E-state index in [9.17, 15) is 14.4 Å². The maximum Gasteiger partial charge on any atom is 0.325 e. The number of ether oxygens (including phenoxy) is 2. The van der Waals surface area contributed by atoms with E-state index in [0.29, 0.717) is 12.4 Å². The fraction of sp³-hybridized carbons (Fsp3) is 0.188. The molecule has 0 atom stereocenters. The van der Waals surface area contributed by atoms with Gasteiger partial charge in [0.1, 0.15) is 18.9 Å². The molecule has 1 heterocycles. The van der Waals surface area contributed by atoms with Crippen LogP contribution in [-0.4, -0.2) is 42.3 Å². The van der Waals surface area contributed by atoms with Gasteiger partial charge in [-0.25, -0.2) is 0 Å². The summed E-state index contributed by atoms with van der Waals surface area (Å²) in [5.41, 5.74) is 0.718. The van der Waals surface area contributed by atoms with Crippen LogP contribution in [0.25, 0.3) is 6.08 Å². The van der Waals surface area contributed by atoms with Crippen LogP contribution in [0, 0.1) is 0 Å². The van der Waals surface area contributed by atoms with Crippen LogP contribution >= 0.6 is 11.8 Å². The quantitative estimate of drug-likeness (QED) is 0.452. The van der Waals surface area contributed by atoms with Crippen molar-refractivity contribution < 1.29 is 23.9 Å². The Morgan fingerprint density at radius 3 is 2.87 bits per heavy atom. The minimum absolute atomic E-state index is 0.250. The number of methoxy groups -OCH3 is 1. The summed E-state index contributed by atoms with van der Waals surface area (Å²) < 4.78 is 9.90. The van der Waals surface area contributed by atoms with Gasteiger partial charge in [0.15, 0.2) is 0 Å². The molecule has 1 aromatic carbocycles. The molecule has 2 rings (SSSR count). The molecular weight excluding hydrogens is 318 g/mol. The monoisotopic (exact) mass is 333 g/mol. The smallest absolute Gasteiger partial charge is 0.325 e. The molecule has 1 aliphatic rings. The summed E-state index contributed by atoms with van der Waals surface area (Å²) in [5.74, 6) is -0.524. The van der Waals surface area contributed by atoms with Crippen LogP contribution in [0.3, 0.4) is 0 Å². The largest absolute Gasteiger partial charge is 0.490 e. The first-order chi connectivity index (χ1) is 11.0. The van der Waals surface area contributed by atoms with E-state index in [1.165, 1.54) is 7.11 Å². The number of imide groups is 1. The first-order valence-electron chi connectivity index (χ1n) is 6.71. The third-order valence-electron chi connectivity index (χ3n) is 2.91. The number of amides is 2. The zero-order valence-corrected chi connectivity index (χ0v) is 13.3. The van der Waals surface area contributed by atoms with Gasteiger partial charge in [-0.15, -0.1) is 0 Å². The van der Waals surface area contributed by atoms with Gasteiger partial charge >= 0.3 is 5.97 Å². The Kier molecular flexibility index (Phi) is 5.59. The molecule has 1 saturated heterocycles. The molecular formula is C16H15NO5S. The normalized spacial score (nSPS) is 15.9. The zero-order valence-electron chi connectivity index (χ0n) is 12.5. The number of hydrogen-bond donors (Lipinski definition) is 0. The second kappa shape index (κ2) is 7.64. The van der Waals surface area contributed by atoms with Crippen LogP contribution in [0.4, 0.5) is 4.79 Å². The second-order valence-corrected chi connectivity index (χ2v) is 5.51. The fourth-order valence-corrected chi connectivity index (χ4v) is 2.67. The Bertz CT molecular complexity index is 683. The third-order valence-corrected chi connectivity index (χ3v) is 3.82. The molecule has 7 heteroatoms. The highest BCUT2D eigenvalue weighted by Crippen LogP contribution is 2.32. The first kappa shape index (κ1) is 16.8. The van der Waals surface area contributed by atoms with Crippen LogP contribution < -0.4 is 4.74 Å². The van der Waals surface area contributed by atoms with Gasteiger partial charge in [0.05, 0.1) is 12.0 Å². The van der Waals surface area contributed by atoms with Gasteiger partial charge in [-0.3, -0.25) is 19.3 Å². The number of benzene rings is 1. The molecule has 0 spiro atoms. The molecule has 2 amide bonds. The van der Waals surface area contributed by atoms with Crippen LogP contribution in [0.15, 0.2) is 41.8 Å². The van der Waals surface area contributed by atoms with Gasteiger partial charge in [0.2, 0.25) is 0 Å². The lowest BCUT2D eigenvalue weighted by molar-refractivity contribution is -0.143. The molecule has 0 N–H and O–H groups in total. The van der Waals surface area contributed by atoms with Gasteiger partial charge in [-0.05, 0) is 35.5 Å². The highest BCUT2D eigenvalue weighted by atomic mass is 32.2. The summed E-state index contributed by atoms with van der Waals surface area (Å²) in [4.78, 5) is 36.4. The maximum atomic E-state index is 12.2. The van der Waals surface area contributed by atoms with Crippen molar-refractivity contribution >= 4 is 35.0 Å². The van der Waals surface area contributed by atoms with E-state index in [1.54, 1.807) is 36.4 Å². The highest BCUT2D eigenvalue weighted by molar-refractivity contribution is 8.18. The Hall–Kier alpha value is -2.54. The average molecular weight is 333 g/mol. The highest BCUT2D eigenvalue weighted by Gasteiger charge is 2.36. The third kappa shape index (κ3) is 4.23. The first-order valence-corrected chi connectivity index (χ1v) is 7.52. The lowest BCUT2D eigenvalue weighted by Gasteiger charge is -2.09. The van der Waals surface area contributed by atoms with E-state index in [0.717, 1.165) is 22.2 Å². The number of hydrogen-bond acceptors (Lipinski definition) is 6. The lowest BCUT2D eigenvalue weighted by Crippen LogP contribution is -2.34. The molecule has 1 fully saturated rings. The Morgan fingerprint density at radius 1 is 1.39 bits per heavy atom. The molecule has 0 bridgehead atoms. The van der Waals surface area contributed by atoms with E-state index >= 15 is 0 Å². The molecule has 6 nitrogen and oxygen atoms in total. The Labute approximate surface area is 137 Å². The lowest BCUT2D eigenvalue weighted by atomic mass is 10.2. The van der Waals surface area contributed by atoms with Crippen LogP contribution in [0.1, 0.15) is 5.56 Å². The van der Waals surface area contributed by atoms with Crippen molar-refractivity contribution in [3.63, 3.8) is 0 Å². The van der Waals surface area contributed by atoms with Crippen LogP contribution in [0.5, 0.6) is 5.75 Å². The molecule has 0 unspecified atom stereocenters. The van der Waals surface area contributed by atoms with Crippen molar-refractivity contribution in [2.75, 3.05) is 20.3 Å². The predicted molar refractivity (Wildman–Crippen MR) is 86.8 cm³/mol. The van der Waals surface area contributed by atoms with Crippen molar-refractivity contribution in [1.29, 1.82) is 0 Å². The summed E-state index contributed by atoms with van der Waals surface area (Å²) in [6, 6.07) is 7.10. The molecule has 1 aromatic rings. The van der Waals surface area contributed by atoms with Crippen molar-refractivity contribution in [2.24, 2.45) is 0 Å². The van der Waals surface area contributed by atoms with Crippen LogP contribution in [-0.2, 0) is 14.3 Å². The molecule has 0 aromatic heterocycles. The van der Waals surface area contributed by atoms with Gasteiger partial charge in [-0.2, -0.15) is 0 Å². The van der Waals surface area contributed by atoms with Crippen molar-refractivity contribution in [2.45, 2.75) is 0 Å². The number of esters is 1. The summed E-state index contributed by atoms with van der Waals surface area (Å²) in [5, 5.41) is -0.495. The van der Waals surface area contributed by atoms with Crippen molar-refractivity contribution in [3.05, 3.63) is 47.4 Å². The van der Waals surface area contributed by atoms with E-state index in [2.05, 4.69) is 11.3 Å². The van der Waals surface area contributed by atoms with Gasteiger partial charge in [0, 0.05) is 0 Å². The average Bonchev–Trinajstić information content (AvgIpc) is 2.80. The summed E-state index contributed by atoms with van der Waals surface area (Å²) in [6.45, 7) is 3.56. The van der Waals surface area contributed by atoms with E-state index in [1.807, 2.05) is 0 Å². The van der Waals surface area contributed by atoms with Gasteiger partial charge in [0.25, 0.3) is 11.1 Å². The molecule has 120 valence electrons. The zero-order chi connectivity index (χ0) is 16.8. The van der Waals surface area contributed by atoms with Gasteiger partial charge in [-0.1, -0.05) is 24.8 Å². The topological polar surface area (TPSA) is 72.9 Å². The fourth-order valence-electron chi connectivity index (χ4n) is 1.83. The maximum absolute atomic E-state index is 12.2. The molecule has 0 aliphatic carbocycles. The molecule has 23 heavy (non-hydrogen) atoms. The minimum atomic E-state index is -0.645. The van der Waals surface area contributed by atoms with E-state index < -0.39 is 17.1 Å². The van der Waals surface area contributed by atoms with Gasteiger partial charge < -0.3 is 9.47 Å². The second-order valence-electron chi connectivity index (χ2n) is 4.52. The van der Waals surface area contributed by atoms with E-state index in [-0.39, 0.29) is 11.4 Å². The Balaban J connectivity index is 2.17. The van der Waals surface area contributed by atoms with E-state index in [4.69, 9.17) is 4.74 Å². The Morgan fingerprint density at radius 2 is 2.17 bits per heavy atom.